The molecule has 2 N–H and O–H groups in total. The number of β-amino-alcohol motifs (C(OH)–C–C–N with tert-alkyl or cyclic N) is 1. The Morgan fingerprint density at radius 1 is 1.11 bits per heavy atom. The Morgan fingerprint density at radius 3 is 2.71 bits per heavy atom. The Bertz CT molecular complexity index is 1480. The van der Waals surface area contributed by atoms with Crippen LogP contribution in [0, 0.1) is 12.7 Å². The van der Waals surface area contributed by atoms with E-state index in [1.807, 2.05) is 31.2 Å². The smallest absolute Gasteiger partial charge is 0.255 e. The molecule has 0 spiro atoms. The molecule has 0 unspecified atom stereocenters. The Balaban J connectivity index is 1.23. The molecule has 0 saturated carbocycles. The highest BCUT2D eigenvalue weighted by molar-refractivity contribution is 5.95. The summed E-state index contributed by atoms with van der Waals surface area (Å²) in [6.07, 6.45) is 3.54. The lowest BCUT2D eigenvalue weighted by molar-refractivity contribution is -0.117. The molecule has 1 saturated heterocycles. The number of H-pyrrole nitrogens is 1. The van der Waals surface area contributed by atoms with E-state index in [1.54, 1.807) is 47.6 Å². The largest absolute Gasteiger partial charge is 0.457 e. The maximum Gasteiger partial charge on any atom is 0.255 e. The van der Waals surface area contributed by atoms with Crippen LogP contribution in [0.1, 0.15) is 33.5 Å². The molecule has 1 atom stereocenters. The molecule has 194 valence electrons. The number of amides is 1. The van der Waals surface area contributed by atoms with Crippen molar-refractivity contribution in [2.24, 2.45) is 0 Å². The zero-order valence-corrected chi connectivity index (χ0v) is 21.0. The lowest BCUT2D eigenvalue weighted by atomic mass is 10.0. The van der Waals surface area contributed by atoms with E-state index < -0.39 is 11.9 Å². The monoisotopic (exact) mass is 513 g/mol. The molecule has 3 heterocycles. The number of carbonyl (C=O) groups is 2. The summed E-state index contributed by atoms with van der Waals surface area (Å²) in [5.41, 5.74) is 3.98. The number of aryl methyl sites for hydroxylation is 1. The summed E-state index contributed by atoms with van der Waals surface area (Å²) < 4.78 is 20.6. The van der Waals surface area contributed by atoms with Crippen molar-refractivity contribution in [3.63, 3.8) is 0 Å². The molecule has 7 nitrogen and oxygen atoms in total. The van der Waals surface area contributed by atoms with Crippen LogP contribution >= 0.6 is 0 Å². The number of aromatic nitrogens is 2. The number of ether oxygens (including phenoxy) is 1. The van der Waals surface area contributed by atoms with Gasteiger partial charge >= 0.3 is 0 Å². The van der Waals surface area contributed by atoms with Crippen LogP contribution in [0.4, 0.5) is 4.39 Å². The molecule has 1 aliphatic heterocycles. The van der Waals surface area contributed by atoms with Gasteiger partial charge in [-0.2, -0.15) is 0 Å². The first-order valence-electron chi connectivity index (χ1n) is 12.5. The highest BCUT2D eigenvalue weighted by Gasteiger charge is 2.26. The minimum atomic E-state index is -0.506. The maximum atomic E-state index is 14.8. The number of aromatic amines is 1. The van der Waals surface area contributed by atoms with E-state index in [9.17, 15) is 19.1 Å². The maximum absolute atomic E-state index is 14.8. The summed E-state index contributed by atoms with van der Waals surface area (Å²) >= 11 is 0. The topological polar surface area (TPSA) is 95.5 Å². The van der Waals surface area contributed by atoms with Crippen molar-refractivity contribution in [1.82, 2.24) is 14.9 Å². The number of nitrogens with zero attached hydrogens (tertiary/aromatic N) is 2. The van der Waals surface area contributed by atoms with Crippen LogP contribution in [0.5, 0.6) is 11.5 Å². The average Bonchev–Trinajstić information content (AvgIpc) is 3.55. The number of benzene rings is 2. The number of hydrogen-bond acceptors (Lipinski definition) is 5. The predicted molar refractivity (Wildman–Crippen MR) is 141 cm³/mol. The number of aliphatic hydroxyl groups excluding tert-OH is 1. The van der Waals surface area contributed by atoms with Gasteiger partial charge in [0.05, 0.1) is 23.1 Å². The number of pyridine rings is 1. The van der Waals surface area contributed by atoms with Gasteiger partial charge in [0.2, 0.25) is 0 Å². The number of likely N-dealkylation sites (tertiary alicyclic amines) is 1. The Kier molecular flexibility index (Phi) is 7.33. The van der Waals surface area contributed by atoms with Crippen LogP contribution < -0.4 is 4.74 Å². The number of nitrogens with one attached hydrogen (secondary N) is 1. The molecule has 1 fully saturated rings. The van der Waals surface area contributed by atoms with E-state index >= 15 is 0 Å². The lowest BCUT2D eigenvalue weighted by Crippen LogP contribution is -2.29. The van der Waals surface area contributed by atoms with Gasteiger partial charge in [0.25, 0.3) is 5.91 Å². The van der Waals surface area contributed by atoms with Gasteiger partial charge in [-0.1, -0.05) is 35.9 Å². The molecule has 1 aliphatic rings. The number of aliphatic hydroxyl groups is 1. The second kappa shape index (κ2) is 11.0. The van der Waals surface area contributed by atoms with Gasteiger partial charge in [0, 0.05) is 50.5 Å². The summed E-state index contributed by atoms with van der Waals surface area (Å²) in [5, 5.41) is 9.70. The van der Waals surface area contributed by atoms with Crippen molar-refractivity contribution in [2.45, 2.75) is 32.3 Å². The van der Waals surface area contributed by atoms with E-state index in [2.05, 4.69) is 9.97 Å². The molecule has 1 amide bonds. The van der Waals surface area contributed by atoms with Crippen molar-refractivity contribution in [1.29, 1.82) is 0 Å². The van der Waals surface area contributed by atoms with Crippen LogP contribution in [0.15, 0.2) is 73.1 Å². The summed E-state index contributed by atoms with van der Waals surface area (Å²) in [5.74, 6) is 0.0252. The Morgan fingerprint density at radius 2 is 1.95 bits per heavy atom. The SMILES string of the molecule is Cc1cccc(CC(=O)Cc2ccc(Oc3ccnc(-c4cc(C(=O)N5CC[C@@H](O)C5)c[nH]4)c3)cc2F)c1. The molecule has 0 radical (unpaired) electrons. The predicted octanol–water partition coefficient (Wildman–Crippen LogP) is 4.88. The first kappa shape index (κ1) is 25.4. The second-order valence-electron chi connectivity index (χ2n) is 9.61. The molecule has 2 aromatic heterocycles. The Hall–Kier alpha value is -4.30. The molecule has 4 aromatic rings. The number of rotatable bonds is 8. The van der Waals surface area contributed by atoms with E-state index in [4.69, 9.17) is 4.74 Å². The molecule has 8 heteroatoms. The van der Waals surface area contributed by atoms with Crippen molar-refractivity contribution in [2.75, 3.05) is 13.1 Å². The van der Waals surface area contributed by atoms with Gasteiger partial charge in [-0.15, -0.1) is 0 Å². The summed E-state index contributed by atoms with van der Waals surface area (Å²) in [6, 6.07) is 17.3. The summed E-state index contributed by atoms with van der Waals surface area (Å²) in [6.45, 7) is 2.83. The fraction of sp³-hybridized carbons (Fsp3) is 0.233. The Labute approximate surface area is 219 Å². The molecule has 2 aromatic carbocycles. The van der Waals surface area contributed by atoms with E-state index in [0.29, 0.717) is 53.5 Å². The van der Waals surface area contributed by atoms with E-state index in [1.165, 1.54) is 6.07 Å². The van der Waals surface area contributed by atoms with Crippen LogP contribution in [0.25, 0.3) is 11.4 Å². The van der Waals surface area contributed by atoms with Gasteiger partial charge in [0.1, 0.15) is 23.1 Å². The molecule has 0 aliphatic carbocycles. The quantitative estimate of drug-likeness (QED) is 0.350. The van der Waals surface area contributed by atoms with Crippen molar-refractivity contribution < 1.29 is 23.8 Å². The number of carbonyl (C=O) groups excluding carboxylic acids is 2. The molecule has 0 bridgehead atoms. The van der Waals surface area contributed by atoms with E-state index in [-0.39, 0.29) is 24.5 Å². The highest BCUT2D eigenvalue weighted by Crippen LogP contribution is 2.27. The van der Waals surface area contributed by atoms with Gasteiger partial charge in [-0.05, 0) is 42.7 Å². The third kappa shape index (κ3) is 5.98. The van der Waals surface area contributed by atoms with Crippen molar-refractivity contribution >= 4 is 11.7 Å². The molecular formula is C30H28FN3O4. The number of hydrogen-bond donors (Lipinski definition) is 2. The zero-order chi connectivity index (χ0) is 26.6. The van der Waals surface area contributed by atoms with Crippen LogP contribution in [-0.4, -0.2) is 50.9 Å². The van der Waals surface area contributed by atoms with E-state index in [0.717, 1.165) is 11.1 Å². The first-order chi connectivity index (χ1) is 18.3. The summed E-state index contributed by atoms with van der Waals surface area (Å²) in [4.78, 5) is 34.2. The molecule has 38 heavy (non-hydrogen) atoms. The highest BCUT2D eigenvalue weighted by atomic mass is 19.1. The standard InChI is InChI=1S/C30H28FN3O4/c1-19-3-2-4-20(11-19)12-24(36)13-21-5-6-25(15-27(21)31)38-26-7-9-32-29(16-26)28-14-22(17-33-28)30(37)34-10-8-23(35)18-34/h2-7,9,11,14-17,23,33,35H,8,10,12-13,18H2,1H3/t23-/m1/s1. The number of Topliss-reactive ketones (excluding diaryl/α,β-unsaturated/α-hetero) is 1. The fourth-order valence-corrected chi connectivity index (χ4v) is 4.59. The van der Waals surface area contributed by atoms with Crippen LogP contribution in [-0.2, 0) is 17.6 Å². The van der Waals surface area contributed by atoms with Crippen molar-refractivity contribution in [3.05, 3.63) is 101 Å². The minimum Gasteiger partial charge on any atom is -0.457 e. The third-order valence-corrected chi connectivity index (χ3v) is 6.52. The first-order valence-corrected chi connectivity index (χ1v) is 12.5. The zero-order valence-electron chi connectivity index (χ0n) is 21.0. The minimum absolute atomic E-state index is 0.00370. The summed E-state index contributed by atoms with van der Waals surface area (Å²) in [7, 11) is 0. The van der Waals surface area contributed by atoms with Crippen molar-refractivity contribution in [3.8, 4) is 22.9 Å². The average molecular weight is 514 g/mol. The molecule has 5 rings (SSSR count). The number of ketones is 1. The van der Waals surface area contributed by atoms with Gasteiger partial charge < -0.3 is 19.7 Å². The second-order valence-corrected chi connectivity index (χ2v) is 9.61. The van der Waals surface area contributed by atoms with Gasteiger partial charge in [-0.3, -0.25) is 14.6 Å². The lowest BCUT2D eigenvalue weighted by Gasteiger charge is -2.13. The van der Waals surface area contributed by atoms with Crippen LogP contribution in [0.2, 0.25) is 0 Å². The van der Waals surface area contributed by atoms with Gasteiger partial charge in [0.15, 0.2) is 0 Å². The van der Waals surface area contributed by atoms with Gasteiger partial charge in [-0.25, -0.2) is 4.39 Å². The molecular weight excluding hydrogens is 485 g/mol. The third-order valence-electron chi connectivity index (χ3n) is 6.52. The normalized spacial score (nSPS) is 15.0. The number of halogens is 1. The van der Waals surface area contributed by atoms with Crippen LogP contribution in [0.3, 0.4) is 0 Å². The fourth-order valence-electron chi connectivity index (χ4n) is 4.59.